The summed E-state index contributed by atoms with van der Waals surface area (Å²) in [5, 5.41) is 2.45. The molecule has 0 unspecified atom stereocenters. The molecule has 0 saturated carbocycles. The summed E-state index contributed by atoms with van der Waals surface area (Å²) in [5.74, 6) is 0.676. The fraction of sp³-hybridized carbons (Fsp3) is 0.0159. The van der Waals surface area contributed by atoms with Crippen LogP contribution in [0.1, 0.15) is 22.3 Å². The molecule has 12 rings (SSSR count). The number of fused-ring (bicyclic) bond motifs is 5. The molecule has 1 heterocycles. The molecule has 0 aliphatic heterocycles. The van der Waals surface area contributed by atoms with Gasteiger partial charge in [0.05, 0.1) is 16.8 Å². The summed E-state index contributed by atoms with van der Waals surface area (Å²) in [7, 11) is 0. The Morgan fingerprint density at radius 2 is 0.754 bits per heavy atom. The van der Waals surface area contributed by atoms with Crippen molar-refractivity contribution < 1.29 is 0 Å². The topological polar surface area (TPSA) is 25.8 Å². The van der Waals surface area contributed by atoms with Crippen LogP contribution in [0.25, 0.3) is 89.2 Å². The van der Waals surface area contributed by atoms with E-state index in [2.05, 4.69) is 255 Å². The number of benzene rings is 10. The molecule has 0 radical (unpaired) electrons. The van der Waals surface area contributed by atoms with E-state index in [0.717, 1.165) is 55.9 Å². The van der Waals surface area contributed by atoms with E-state index in [0.29, 0.717) is 5.82 Å². The van der Waals surface area contributed by atoms with Crippen LogP contribution in [0.2, 0.25) is 0 Å². The van der Waals surface area contributed by atoms with Crippen LogP contribution in [0.5, 0.6) is 0 Å². The van der Waals surface area contributed by atoms with E-state index in [1.54, 1.807) is 0 Å². The highest BCUT2D eigenvalue weighted by Crippen LogP contribution is 2.60. The predicted molar refractivity (Wildman–Crippen MR) is 269 cm³/mol. The highest BCUT2D eigenvalue weighted by Gasteiger charge is 2.48. The molecule has 0 bridgehead atoms. The van der Waals surface area contributed by atoms with Gasteiger partial charge in [-0.2, -0.15) is 0 Å². The van der Waals surface area contributed by atoms with E-state index in [4.69, 9.17) is 9.97 Å². The Kier molecular flexibility index (Phi) is 9.43. The van der Waals surface area contributed by atoms with Gasteiger partial charge >= 0.3 is 0 Å². The van der Waals surface area contributed by atoms with Gasteiger partial charge in [-0.3, -0.25) is 0 Å². The van der Waals surface area contributed by atoms with Crippen LogP contribution in [-0.4, -0.2) is 9.97 Å². The zero-order valence-electron chi connectivity index (χ0n) is 35.6. The molecule has 2 heteroatoms. The molecule has 1 aromatic heterocycles. The fourth-order valence-corrected chi connectivity index (χ4v) is 10.2. The second-order valence-corrected chi connectivity index (χ2v) is 16.9. The van der Waals surface area contributed by atoms with Crippen molar-refractivity contribution in [2.45, 2.75) is 5.41 Å². The van der Waals surface area contributed by atoms with Gasteiger partial charge in [0.1, 0.15) is 0 Å². The molecule has 2 nitrogen and oxygen atoms in total. The maximum Gasteiger partial charge on any atom is 0.160 e. The van der Waals surface area contributed by atoms with Crippen LogP contribution in [0.15, 0.2) is 255 Å². The van der Waals surface area contributed by atoms with Crippen molar-refractivity contribution in [3.05, 3.63) is 277 Å². The fourth-order valence-electron chi connectivity index (χ4n) is 10.2. The van der Waals surface area contributed by atoms with E-state index in [1.807, 2.05) is 0 Å². The van der Waals surface area contributed by atoms with Gasteiger partial charge in [-0.05, 0) is 114 Å². The van der Waals surface area contributed by atoms with Crippen molar-refractivity contribution in [1.29, 1.82) is 0 Å². The molecule has 11 aromatic rings. The molecular formula is C63H42N2. The van der Waals surface area contributed by atoms with E-state index < -0.39 is 5.41 Å². The van der Waals surface area contributed by atoms with Crippen LogP contribution in [-0.2, 0) is 5.41 Å². The number of rotatable bonds is 8. The predicted octanol–water partition coefficient (Wildman–Crippen LogP) is 16.0. The van der Waals surface area contributed by atoms with E-state index in [9.17, 15) is 0 Å². The van der Waals surface area contributed by atoms with Crippen LogP contribution in [0.4, 0.5) is 0 Å². The molecule has 0 saturated heterocycles. The Hall–Kier alpha value is -8.46. The van der Waals surface area contributed by atoms with Crippen molar-refractivity contribution in [2.24, 2.45) is 0 Å². The van der Waals surface area contributed by atoms with Gasteiger partial charge < -0.3 is 0 Å². The summed E-state index contributed by atoms with van der Waals surface area (Å²) in [6.07, 6.45) is 0. The third kappa shape index (κ3) is 6.58. The summed E-state index contributed by atoms with van der Waals surface area (Å²) in [6.45, 7) is 0. The SMILES string of the molecule is c1ccc(-c2cc(-c3ccccc3)cc(-c3cc(-c4ccccc4)nc(-c4cccc(-c5cc6ccccc6c6c5-c5ccccc5C6(c5ccccc5)c5ccccc5)c4)n3)c2)cc1. The molecule has 0 amide bonds. The molecular weight excluding hydrogens is 785 g/mol. The van der Waals surface area contributed by atoms with Gasteiger partial charge in [-0.15, -0.1) is 0 Å². The Labute approximate surface area is 379 Å². The molecule has 65 heavy (non-hydrogen) atoms. The molecule has 10 aromatic carbocycles. The number of nitrogens with zero attached hydrogens (tertiary/aromatic N) is 2. The average molecular weight is 827 g/mol. The van der Waals surface area contributed by atoms with Crippen LogP contribution in [0.3, 0.4) is 0 Å². The Morgan fingerprint density at radius 1 is 0.292 bits per heavy atom. The zero-order chi connectivity index (χ0) is 43.2. The molecule has 0 fully saturated rings. The van der Waals surface area contributed by atoms with E-state index in [1.165, 1.54) is 49.7 Å². The second kappa shape index (κ2) is 16.0. The molecule has 0 spiro atoms. The van der Waals surface area contributed by atoms with Crippen LogP contribution < -0.4 is 0 Å². The zero-order valence-corrected chi connectivity index (χ0v) is 35.6. The maximum atomic E-state index is 5.45. The second-order valence-electron chi connectivity index (χ2n) is 16.9. The number of hydrogen-bond acceptors (Lipinski definition) is 2. The lowest BCUT2D eigenvalue weighted by atomic mass is 9.66. The number of hydrogen-bond donors (Lipinski definition) is 0. The maximum absolute atomic E-state index is 5.45. The van der Waals surface area contributed by atoms with Gasteiger partial charge in [0.2, 0.25) is 0 Å². The first-order chi connectivity index (χ1) is 32.2. The first kappa shape index (κ1) is 38.2. The standard InChI is InChI=1S/C63H42N2/c1-6-21-43(22-7-1)49-38-50(44-23-8-2-9-24-44)40-51(39-49)59-42-58(45-25-10-3-11-26-45)64-62(65-59)48-29-20-28-46(37-48)56-41-47-27-16-17-34-54(47)61-60(56)55-35-18-19-36-57(55)63(61,52-30-12-4-13-31-52)53-32-14-5-15-33-53/h1-42H. The molecule has 1 aliphatic rings. The first-order valence-corrected chi connectivity index (χ1v) is 22.3. The third-order valence-corrected chi connectivity index (χ3v) is 13.1. The molecule has 1 aliphatic carbocycles. The van der Waals surface area contributed by atoms with Gasteiger partial charge in [-0.25, -0.2) is 9.97 Å². The summed E-state index contributed by atoms with van der Waals surface area (Å²) in [5.41, 5.74) is 18.7. The third-order valence-electron chi connectivity index (χ3n) is 13.1. The molecule has 0 N–H and O–H groups in total. The highest BCUT2D eigenvalue weighted by molar-refractivity contribution is 6.07. The first-order valence-electron chi connectivity index (χ1n) is 22.3. The number of aromatic nitrogens is 2. The summed E-state index contributed by atoms with van der Waals surface area (Å²) < 4.78 is 0. The smallest absolute Gasteiger partial charge is 0.160 e. The summed E-state index contributed by atoms with van der Waals surface area (Å²) in [6, 6.07) is 91.9. The van der Waals surface area contributed by atoms with Gasteiger partial charge in [0, 0.05) is 16.7 Å². The minimum atomic E-state index is -0.545. The molecule has 304 valence electrons. The van der Waals surface area contributed by atoms with Crippen molar-refractivity contribution >= 4 is 10.8 Å². The summed E-state index contributed by atoms with van der Waals surface area (Å²) in [4.78, 5) is 10.8. The normalized spacial score (nSPS) is 12.4. The monoisotopic (exact) mass is 826 g/mol. The largest absolute Gasteiger partial charge is 0.228 e. The lowest BCUT2D eigenvalue weighted by Gasteiger charge is -2.35. The Bertz CT molecular complexity index is 3410. The quantitative estimate of drug-likeness (QED) is 0.152. The Balaban J connectivity index is 1.09. The minimum Gasteiger partial charge on any atom is -0.228 e. The van der Waals surface area contributed by atoms with Crippen LogP contribution in [0, 0.1) is 0 Å². The Morgan fingerprint density at radius 3 is 1.38 bits per heavy atom. The van der Waals surface area contributed by atoms with E-state index >= 15 is 0 Å². The van der Waals surface area contributed by atoms with Gasteiger partial charge in [-0.1, -0.05) is 218 Å². The summed E-state index contributed by atoms with van der Waals surface area (Å²) >= 11 is 0. The van der Waals surface area contributed by atoms with Crippen molar-refractivity contribution in [1.82, 2.24) is 9.97 Å². The van der Waals surface area contributed by atoms with Gasteiger partial charge in [0.15, 0.2) is 5.82 Å². The highest BCUT2D eigenvalue weighted by atomic mass is 14.9. The van der Waals surface area contributed by atoms with Crippen molar-refractivity contribution in [3.8, 4) is 78.4 Å². The van der Waals surface area contributed by atoms with Crippen molar-refractivity contribution in [3.63, 3.8) is 0 Å². The average Bonchev–Trinajstić information content (AvgIpc) is 3.72. The minimum absolute atomic E-state index is 0.545. The van der Waals surface area contributed by atoms with Gasteiger partial charge in [0.25, 0.3) is 0 Å². The molecule has 0 atom stereocenters. The van der Waals surface area contributed by atoms with Crippen molar-refractivity contribution in [2.75, 3.05) is 0 Å². The van der Waals surface area contributed by atoms with E-state index in [-0.39, 0.29) is 0 Å². The lowest BCUT2D eigenvalue weighted by molar-refractivity contribution is 0.775. The van der Waals surface area contributed by atoms with Crippen LogP contribution >= 0.6 is 0 Å². The lowest BCUT2D eigenvalue weighted by Crippen LogP contribution is -2.28.